The first-order valence-corrected chi connectivity index (χ1v) is 7.83. The lowest BCUT2D eigenvalue weighted by molar-refractivity contribution is -0.0125. The molecule has 0 bridgehead atoms. The van der Waals surface area contributed by atoms with Gasteiger partial charge in [0.1, 0.15) is 0 Å². The maximum Gasteiger partial charge on any atom is 0.0849 e. The molecule has 2 unspecified atom stereocenters. The smallest absolute Gasteiger partial charge is 0.0849 e. The summed E-state index contributed by atoms with van der Waals surface area (Å²) in [5.74, 6) is 0. The Hall–Kier alpha value is -0.380. The Kier molecular flexibility index (Phi) is 4.46. The van der Waals surface area contributed by atoms with Gasteiger partial charge in [0.05, 0.1) is 11.6 Å². The Labute approximate surface area is 115 Å². The Bertz CT molecular complexity index is 393. The van der Waals surface area contributed by atoms with Gasteiger partial charge < -0.3 is 10.1 Å². The number of hydrogen-bond donors (Lipinski definition) is 1. The van der Waals surface area contributed by atoms with Gasteiger partial charge in [-0.3, -0.25) is 0 Å². The summed E-state index contributed by atoms with van der Waals surface area (Å²) < 4.78 is 6.06. The van der Waals surface area contributed by atoms with Crippen LogP contribution in [0.3, 0.4) is 0 Å². The van der Waals surface area contributed by atoms with E-state index in [9.17, 15) is 0 Å². The third-order valence-corrected chi connectivity index (χ3v) is 4.83. The second-order valence-corrected chi connectivity index (χ2v) is 6.98. The van der Waals surface area contributed by atoms with Crippen molar-refractivity contribution >= 4 is 11.3 Å². The number of rotatable bonds is 5. The van der Waals surface area contributed by atoms with Gasteiger partial charge in [0.2, 0.25) is 0 Å². The fourth-order valence-electron chi connectivity index (χ4n) is 2.91. The van der Waals surface area contributed by atoms with Gasteiger partial charge in [-0.05, 0) is 58.2 Å². The molecule has 0 radical (unpaired) electrons. The maximum atomic E-state index is 6.06. The van der Waals surface area contributed by atoms with E-state index in [1.807, 2.05) is 11.3 Å². The van der Waals surface area contributed by atoms with Crippen molar-refractivity contribution in [3.63, 3.8) is 0 Å². The van der Waals surface area contributed by atoms with E-state index in [0.29, 0.717) is 6.04 Å². The van der Waals surface area contributed by atoms with Crippen LogP contribution in [0, 0.1) is 13.8 Å². The average Bonchev–Trinajstić information content (AvgIpc) is 2.87. The molecule has 2 heterocycles. The Morgan fingerprint density at radius 2 is 2.28 bits per heavy atom. The normalized spacial score (nSPS) is 25.6. The summed E-state index contributed by atoms with van der Waals surface area (Å²) in [4.78, 5) is 2.82. The minimum atomic E-state index is -0.0343. The van der Waals surface area contributed by atoms with Crippen LogP contribution in [0.2, 0.25) is 0 Å². The molecule has 0 spiro atoms. The molecule has 1 aromatic rings. The molecule has 0 aliphatic carbocycles. The lowest BCUT2D eigenvalue weighted by Crippen LogP contribution is -2.41. The van der Waals surface area contributed by atoms with E-state index < -0.39 is 0 Å². The number of nitrogens with one attached hydrogen (secondary N) is 1. The van der Waals surface area contributed by atoms with Crippen LogP contribution in [0.25, 0.3) is 0 Å². The first-order valence-electron chi connectivity index (χ1n) is 7.01. The zero-order valence-electron chi connectivity index (χ0n) is 12.0. The van der Waals surface area contributed by atoms with Gasteiger partial charge in [-0.15, -0.1) is 11.3 Å². The predicted molar refractivity (Wildman–Crippen MR) is 78.4 cm³/mol. The average molecular weight is 267 g/mol. The molecule has 0 amide bonds. The van der Waals surface area contributed by atoms with Crippen molar-refractivity contribution in [3.05, 3.63) is 21.4 Å². The molecule has 0 aromatic carbocycles. The Morgan fingerprint density at radius 1 is 1.50 bits per heavy atom. The minimum absolute atomic E-state index is 0.0343. The summed E-state index contributed by atoms with van der Waals surface area (Å²) >= 11 is 1.89. The van der Waals surface area contributed by atoms with Crippen LogP contribution in [0.5, 0.6) is 0 Å². The monoisotopic (exact) mass is 267 g/mol. The van der Waals surface area contributed by atoms with Crippen molar-refractivity contribution in [2.24, 2.45) is 0 Å². The van der Waals surface area contributed by atoms with E-state index in [4.69, 9.17) is 4.74 Å². The molecule has 2 rings (SSSR count). The Morgan fingerprint density at radius 3 is 2.78 bits per heavy atom. The maximum absolute atomic E-state index is 6.06. The van der Waals surface area contributed by atoms with Crippen molar-refractivity contribution in [2.75, 3.05) is 13.2 Å². The van der Waals surface area contributed by atoms with E-state index in [1.165, 1.54) is 21.7 Å². The number of aryl methyl sites for hydroxylation is 2. The van der Waals surface area contributed by atoms with Crippen LogP contribution in [0.4, 0.5) is 0 Å². The van der Waals surface area contributed by atoms with Gasteiger partial charge in [0, 0.05) is 16.4 Å². The van der Waals surface area contributed by atoms with E-state index in [-0.39, 0.29) is 5.60 Å². The van der Waals surface area contributed by atoms with Gasteiger partial charge in [-0.1, -0.05) is 6.92 Å². The molecule has 0 saturated carbocycles. The summed E-state index contributed by atoms with van der Waals surface area (Å²) in [5, 5.41) is 3.70. The molecule has 1 fully saturated rings. The summed E-state index contributed by atoms with van der Waals surface area (Å²) in [6, 6.07) is 2.67. The summed E-state index contributed by atoms with van der Waals surface area (Å²) in [7, 11) is 0. The highest BCUT2D eigenvalue weighted by atomic mass is 32.1. The van der Waals surface area contributed by atoms with Crippen LogP contribution in [-0.2, 0) is 4.74 Å². The van der Waals surface area contributed by atoms with Gasteiger partial charge in [0.25, 0.3) is 0 Å². The van der Waals surface area contributed by atoms with Gasteiger partial charge in [-0.25, -0.2) is 0 Å². The molecule has 3 heteroatoms. The highest BCUT2D eigenvalue weighted by Crippen LogP contribution is 2.40. The van der Waals surface area contributed by atoms with E-state index in [0.717, 1.165) is 26.0 Å². The molecule has 2 nitrogen and oxygen atoms in total. The minimum Gasteiger partial charge on any atom is -0.373 e. The largest absolute Gasteiger partial charge is 0.373 e. The lowest BCUT2D eigenvalue weighted by Gasteiger charge is -2.34. The third kappa shape index (κ3) is 2.79. The van der Waals surface area contributed by atoms with Crippen molar-refractivity contribution in [3.8, 4) is 0 Å². The summed E-state index contributed by atoms with van der Waals surface area (Å²) in [6.45, 7) is 10.9. The van der Waals surface area contributed by atoms with E-state index in [2.05, 4.69) is 39.1 Å². The SMILES string of the molecule is CCCNC(c1cc(C)sc1C)C1(C)CCCO1. The fraction of sp³-hybridized carbons (Fsp3) is 0.733. The molecule has 1 N–H and O–H groups in total. The number of thiophene rings is 1. The van der Waals surface area contributed by atoms with Crippen LogP contribution in [0.1, 0.15) is 54.5 Å². The highest BCUT2D eigenvalue weighted by Gasteiger charge is 2.39. The quantitative estimate of drug-likeness (QED) is 0.871. The van der Waals surface area contributed by atoms with Crippen LogP contribution >= 0.6 is 11.3 Å². The zero-order valence-corrected chi connectivity index (χ0v) is 12.8. The number of ether oxygens (including phenoxy) is 1. The fourth-order valence-corrected chi connectivity index (χ4v) is 3.87. The predicted octanol–water partition coefficient (Wildman–Crippen LogP) is 3.97. The molecular weight excluding hydrogens is 242 g/mol. The van der Waals surface area contributed by atoms with Gasteiger partial charge in [0.15, 0.2) is 0 Å². The molecular formula is C15H25NOS. The second kappa shape index (κ2) is 5.72. The topological polar surface area (TPSA) is 21.3 Å². The molecule has 1 saturated heterocycles. The van der Waals surface area contributed by atoms with Crippen molar-refractivity contribution in [1.29, 1.82) is 0 Å². The van der Waals surface area contributed by atoms with Crippen LogP contribution in [-0.4, -0.2) is 18.8 Å². The summed E-state index contributed by atoms with van der Waals surface area (Å²) in [5.41, 5.74) is 1.41. The molecule has 2 atom stereocenters. The highest BCUT2D eigenvalue weighted by molar-refractivity contribution is 7.12. The van der Waals surface area contributed by atoms with Gasteiger partial charge >= 0.3 is 0 Å². The molecule has 1 aliphatic heterocycles. The molecule has 102 valence electrons. The van der Waals surface area contributed by atoms with Crippen molar-refractivity contribution in [1.82, 2.24) is 5.32 Å². The summed E-state index contributed by atoms with van der Waals surface area (Å²) in [6.07, 6.45) is 3.50. The Balaban J connectivity index is 2.27. The zero-order chi connectivity index (χ0) is 13.2. The third-order valence-electron chi connectivity index (χ3n) is 3.85. The van der Waals surface area contributed by atoms with Gasteiger partial charge in [-0.2, -0.15) is 0 Å². The standard InChI is InChI=1S/C15H25NOS/c1-5-8-16-14(15(4)7-6-9-17-15)13-10-11(2)18-12(13)3/h10,14,16H,5-9H2,1-4H3. The van der Waals surface area contributed by atoms with E-state index >= 15 is 0 Å². The molecule has 1 aliphatic rings. The molecule has 1 aromatic heterocycles. The first kappa shape index (κ1) is 14.0. The van der Waals surface area contributed by atoms with Crippen LogP contribution < -0.4 is 5.32 Å². The second-order valence-electron chi connectivity index (χ2n) is 5.52. The number of hydrogen-bond acceptors (Lipinski definition) is 3. The van der Waals surface area contributed by atoms with Crippen molar-refractivity contribution in [2.45, 2.75) is 58.6 Å². The van der Waals surface area contributed by atoms with E-state index in [1.54, 1.807) is 0 Å². The molecule has 18 heavy (non-hydrogen) atoms. The van der Waals surface area contributed by atoms with Crippen LogP contribution in [0.15, 0.2) is 6.07 Å². The lowest BCUT2D eigenvalue weighted by atomic mass is 9.87. The van der Waals surface area contributed by atoms with Crippen molar-refractivity contribution < 1.29 is 4.74 Å². The first-order chi connectivity index (χ1) is 8.57.